The van der Waals surface area contributed by atoms with Gasteiger partial charge < -0.3 is 0 Å². The van der Waals surface area contributed by atoms with Gasteiger partial charge in [0, 0.05) is 0 Å². The van der Waals surface area contributed by atoms with Gasteiger partial charge in [0.1, 0.15) is 0 Å². The molecule has 0 bridgehead atoms. The smallest absolute Gasteiger partial charge is 0.0448 e. The molecule has 0 spiro atoms. The molecule has 0 fully saturated rings. The van der Waals surface area contributed by atoms with E-state index in [1.165, 1.54) is 12.8 Å². The molecule has 0 aliphatic carbocycles. The van der Waals surface area contributed by atoms with Crippen LogP contribution in [0.1, 0.15) is 95.9 Å². The molecule has 0 radical (unpaired) electrons. The number of hydrogen-bond acceptors (Lipinski definition) is 0. The molecule has 0 N–H and O–H groups in total. The average Bonchev–Trinajstić information content (AvgIpc) is 2.13. The first-order valence-corrected chi connectivity index (χ1v) is 8.89. The molecular formula is C20H46. The molecule has 0 heterocycles. The van der Waals surface area contributed by atoms with Gasteiger partial charge in [-0.1, -0.05) is 83.1 Å². The highest BCUT2D eigenvalue weighted by molar-refractivity contribution is 4.48. The van der Waals surface area contributed by atoms with Crippen LogP contribution in [0.15, 0.2) is 0 Å². The highest BCUT2D eigenvalue weighted by atomic mass is 14.0. The third kappa shape index (κ3) is 36.1. The maximum absolute atomic E-state index is 2.26. The van der Waals surface area contributed by atoms with Crippen LogP contribution in [-0.4, -0.2) is 0 Å². The van der Waals surface area contributed by atoms with Crippen molar-refractivity contribution in [3.63, 3.8) is 0 Å². The summed E-state index contributed by atoms with van der Waals surface area (Å²) in [7, 11) is 0. The van der Waals surface area contributed by atoms with Crippen molar-refractivity contribution in [1.29, 1.82) is 0 Å². The molecule has 20 heavy (non-hydrogen) atoms. The lowest BCUT2D eigenvalue weighted by atomic mass is 10.0. The molecule has 0 heteroatoms. The molecule has 0 rings (SSSR count). The average molecular weight is 287 g/mol. The molecular weight excluding hydrogens is 240 g/mol. The lowest BCUT2D eigenvalue weighted by Crippen LogP contribution is -1.95. The molecule has 0 nitrogen and oxygen atoms in total. The van der Waals surface area contributed by atoms with Gasteiger partial charge in [-0.05, 0) is 48.3 Å². The summed E-state index contributed by atoms with van der Waals surface area (Å²) in [4.78, 5) is 0. The molecule has 0 saturated carbocycles. The van der Waals surface area contributed by atoms with Gasteiger partial charge >= 0.3 is 0 Å². The van der Waals surface area contributed by atoms with Crippen molar-refractivity contribution in [2.24, 2.45) is 35.5 Å². The van der Waals surface area contributed by atoms with Crippen molar-refractivity contribution in [3.8, 4) is 0 Å². The molecule has 0 atom stereocenters. The summed E-state index contributed by atoms with van der Waals surface area (Å²) < 4.78 is 0. The maximum atomic E-state index is 2.26. The fourth-order valence-electron chi connectivity index (χ4n) is 1.89. The van der Waals surface area contributed by atoms with Crippen LogP contribution in [0, 0.1) is 35.5 Å². The van der Waals surface area contributed by atoms with Crippen LogP contribution in [0.5, 0.6) is 0 Å². The standard InChI is InChI=1S/2C7H16.C6H14/c2*1-6(2)5-7(3)4;1-5(2)6(3)4/h2*6-7H,5H2,1-4H3;5-6H,1-4H3. The third-order valence-electron chi connectivity index (χ3n) is 3.22. The van der Waals surface area contributed by atoms with Crippen LogP contribution in [0.2, 0.25) is 0 Å². The van der Waals surface area contributed by atoms with E-state index in [0.29, 0.717) is 0 Å². The van der Waals surface area contributed by atoms with Crippen LogP contribution in [-0.2, 0) is 0 Å². The van der Waals surface area contributed by atoms with Crippen molar-refractivity contribution in [1.82, 2.24) is 0 Å². The molecule has 0 aliphatic rings. The second-order valence-electron chi connectivity index (χ2n) is 8.53. The van der Waals surface area contributed by atoms with Crippen LogP contribution in [0.25, 0.3) is 0 Å². The van der Waals surface area contributed by atoms with Crippen LogP contribution < -0.4 is 0 Å². The highest BCUT2D eigenvalue weighted by Gasteiger charge is 1.96. The topological polar surface area (TPSA) is 0 Å². The predicted octanol–water partition coefficient (Wildman–Crippen LogP) is 7.68. The molecule has 0 amide bonds. The molecule has 0 saturated heterocycles. The van der Waals surface area contributed by atoms with Gasteiger partial charge in [-0.3, -0.25) is 0 Å². The minimum absolute atomic E-state index is 0.852. The molecule has 126 valence electrons. The fraction of sp³-hybridized carbons (Fsp3) is 1.00. The lowest BCUT2D eigenvalue weighted by molar-refractivity contribution is 0.457. The van der Waals surface area contributed by atoms with E-state index in [0.717, 1.165) is 35.5 Å². The van der Waals surface area contributed by atoms with Gasteiger partial charge in [-0.15, -0.1) is 0 Å². The van der Waals surface area contributed by atoms with Gasteiger partial charge in [0.15, 0.2) is 0 Å². The van der Waals surface area contributed by atoms with Crippen LogP contribution >= 0.6 is 0 Å². The minimum Gasteiger partial charge on any atom is -0.0628 e. The van der Waals surface area contributed by atoms with Gasteiger partial charge in [0.2, 0.25) is 0 Å². The predicted molar refractivity (Wildman–Crippen MR) is 98.3 cm³/mol. The normalized spacial score (nSPS) is 11.1. The minimum atomic E-state index is 0.852. The highest BCUT2D eigenvalue weighted by Crippen LogP contribution is 2.09. The van der Waals surface area contributed by atoms with E-state index in [4.69, 9.17) is 0 Å². The second kappa shape index (κ2) is 15.4. The Hall–Kier alpha value is 0. The zero-order valence-electron chi connectivity index (χ0n) is 16.9. The Balaban J connectivity index is -0.000000218. The van der Waals surface area contributed by atoms with E-state index < -0.39 is 0 Å². The monoisotopic (exact) mass is 286 g/mol. The van der Waals surface area contributed by atoms with Gasteiger partial charge in [-0.2, -0.15) is 0 Å². The van der Waals surface area contributed by atoms with E-state index in [-0.39, 0.29) is 0 Å². The van der Waals surface area contributed by atoms with E-state index in [9.17, 15) is 0 Å². The molecule has 0 aromatic heterocycles. The summed E-state index contributed by atoms with van der Waals surface area (Å²) in [5.74, 6) is 5.20. The zero-order valence-corrected chi connectivity index (χ0v) is 16.9. The van der Waals surface area contributed by atoms with E-state index in [2.05, 4.69) is 83.1 Å². The largest absolute Gasteiger partial charge is 0.0628 e. The zero-order chi connectivity index (χ0) is 16.9. The summed E-state index contributed by atoms with van der Waals surface area (Å²) in [6.45, 7) is 27.1. The Morgan fingerprint density at radius 2 is 0.500 bits per heavy atom. The quantitative estimate of drug-likeness (QED) is 0.486. The van der Waals surface area contributed by atoms with Gasteiger partial charge in [-0.25, -0.2) is 0 Å². The third-order valence-corrected chi connectivity index (χ3v) is 3.22. The summed E-state index contributed by atoms with van der Waals surface area (Å²) >= 11 is 0. The second-order valence-corrected chi connectivity index (χ2v) is 8.53. The molecule has 0 aromatic carbocycles. The Morgan fingerprint density at radius 1 is 0.350 bits per heavy atom. The SMILES string of the molecule is CC(C)C(C)C.CC(C)CC(C)C.CC(C)CC(C)C. The maximum Gasteiger partial charge on any atom is -0.0448 e. The van der Waals surface area contributed by atoms with E-state index in [1.54, 1.807) is 0 Å². The summed E-state index contributed by atoms with van der Waals surface area (Å²) in [6.07, 6.45) is 2.72. The first-order chi connectivity index (χ1) is 8.89. The van der Waals surface area contributed by atoms with Crippen molar-refractivity contribution >= 4 is 0 Å². The van der Waals surface area contributed by atoms with Gasteiger partial charge in [0.05, 0.1) is 0 Å². The van der Waals surface area contributed by atoms with E-state index >= 15 is 0 Å². The molecule has 0 aromatic rings. The molecule has 0 aliphatic heterocycles. The van der Waals surface area contributed by atoms with Crippen LogP contribution in [0.4, 0.5) is 0 Å². The van der Waals surface area contributed by atoms with Crippen molar-refractivity contribution in [2.45, 2.75) is 95.9 Å². The van der Waals surface area contributed by atoms with E-state index in [1.807, 2.05) is 0 Å². The summed E-state index contributed by atoms with van der Waals surface area (Å²) in [5.41, 5.74) is 0. The number of rotatable bonds is 5. The summed E-state index contributed by atoms with van der Waals surface area (Å²) in [6, 6.07) is 0. The Bertz CT molecular complexity index is 129. The van der Waals surface area contributed by atoms with Gasteiger partial charge in [0.25, 0.3) is 0 Å². The fourth-order valence-corrected chi connectivity index (χ4v) is 1.89. The Morgan fingerprint density at radius 3 is 0.500 bits per heavy atom. The lowest BCUT2D eigenvalue weighted by Gasteiger charge is -2.05. The van der Waals surface area contributed by atoms with Crippen LogP contribution in [0.3, 0.4) is 0 Å². The first-order valence-electron chi connectivity index (χ1n) is 8.89. The Labute approximate surface area is 132 Å². The molecule has 0 unspecified atom stereocenters. The van der Waals surface area contributed by atoms with Crippen molar-refractivity contribution in [2.75, 3.05) is 0 Å². The Kier molecular flexibility index (Phi) is 19.2. The van der Waals surface area contributed by atoms with Crippen molar-refractivity contribution < 1.29 is 0 Å². The first kappa shape index (κ1) is 25.0. The summed E-state index contributed by atoms with van der Waals surface area (Å²) in [5, 5.41) is 0. The number of hydrogen-bond donors (Lipinski definition) is 0. The van der Waals surface area contributed by atoms with Crippen molar-refractivity contribution in [3.05, 3.63) is 0 Å².